The molecule has 2 aromatic heterocycles. The van der Waals surface area contributed by atoms with Crippen LogP contribution < -0.4 is 15.4 Å². The summed E-state index contributed by atoms with van der Waals surface area (Å²) in [4.78, 5) is 13.1. The Hall–Kier alpha value is -2.77. The predicted octanol–water partition coefficient (Wildman–Crippen LogP) is 4.26. The van der Waals surface area contributed by atoms with Crippen LogP contribution in [0.3, 0.4) is 0 Å². The average molecular weight is 372 g/mol. The predicted molar refractivity (Wildman–Crippen MR) is 102 cm³/mol. The Labute approximate surface area is 155 Å². The van der Waals surface area contributed by atoms with Crippen molar-refractivity contribution in [3.05, 3.63) is 59.7 Å². The van der Waals surface area contributed by atoms with Crippen LogP contribution >= 0.6 is 11.3 Å². The number of hydrogen-bond donors (Lipinski definition) is 3. The first kappa shape index (κ1) is 18.0. The van der Waals surface area contributed by atoms with Crippen LogP contribution in [0.15, 0.2) is 58.3 Å². The number of carbonyl (C=O) groups is 1. The van der Waals surface area contributed by atoms with E-state index in [2.05, 4.69) is 10.6 Å². The van der Waals surface area contributed by atoms with E-state index in [9.17, 15) is 9.90 Å². The molecule has 0 aliphatic rings. The van der Waals surface area contributed by atoms with Crippen LogP contribution in [-0.2, 0) is 0 Å². The minimum Gasteiger partial charge on any atom is -0.492 e. The summed E-state index contributed by atoms with van der Waals surface area (Å²) in [6.45, 7) is 2.41. The van der Waals surface area contributed by atoms with Gasteiger partial charge in [-0.1, -0.05) is 18.2 Å². The van der Waals surface area contributed by atoms with E-state index in [0.717, 1.165) is 4.88 Å². The highest BCUT2D eigenvalue weighted by molar-refractivity contribution is 7.13. The lowest BCUT2D eigenvalue weighted by molar-refractivity contribution is 0.150. The number of benzene rings is 1. The third-order valence-electron chi connectivity index (χ3n) is 3.61. The number of aliphatic hydroxyl groups excluding tert-OH is 1. The summed E-state index contributed by atoms with van der Waals surface area (Å²) in [6.07, 6.45) is -0.934. The van der Waals surface area contributed by atoms with Gasteiger partial charge < -0.3 is 24.9 Å². The molecule has 6 nitrogen and oxygen atoms in total. The minimum absolute atomic E-state index is 0.0278. The maximum absolute atomic E-state index is 12.1. The first-order valence-corrected chi connectivity index (χ1v) is 9.13. The number of anilines is 1. The fraction of sp³-hybridized carbons (Fsp3) is 0.211. The van der Waals surface area contributed by atoms with Gasteiger partial charge in [-0.05, 0) is 42.6 Å². The molecule has 2 heterocycles. The third-order valence-corrected chi connectivity index (χ3v) is 4.49. The van der Waals surface area contributed by atoms with E-state index in [1.54, 1.807) is 29.5 Å². The normalized spacial score (nSPS) is 11.8. The van der Waals surface area contributed by atoms with Gasteiger partial charge in [-0.25, -0.2) is 4.79 Å². The number of para-hydroxylation sites is 2. The number of rotatable bonds is 7. The lowest BCUT2D eigenvalue weighted by Crippen LogP contribution is -2.32. The molecule has 0 saturated carbocycles. The molecule has 1 atom stereocenters. The van der Waals surface area contributed by atoms with Crippen molar-refractivity contribution in [2.75, 3.05) is 18.5 Å². The summed E-state index contributed by atoms with van der Waals surface area (Å²) < 4.78 is 11.1. The van der Waals surface area contributed by atoms with Crippen molar-refractivity contribution in [1.82, 2.24) is 5.32 Å². The van der Waals surface area contributed by atoms with Crippen LogP contribution in [-0.4, -0.2) is 24.3 Å². The largest absolute Gasteiger partial charge is 0.492 e. The monoisotopic (exact) mass is 372 g/mol. The van der Waals surface area contributed by atoms with E-state index >= 15 is 0 Å². The molecule has 0 spiro atoms. The van der Waals surface area contributed by atoms with Gasteiger partial charge in [0, 0.05) is 0 Å². The molecule has 0 radical (unpaired) electrons. The molecule has 3 N–H and O–H groups in total. The lowest BCUT2D eigenvalue weighted by Gasteiger charge is -2.13. The number of thiophene rings is 1. The van der Waals surface area contributed by atoms with Crippen molar-refractivity contribution in [2.24, 2.45) is 0 Å². The Morgan fingerprint density at radius 3 is 2.85 bits per heavy atom. The molecule has 3 aromatic rings. The zero-order valence-corrected chi connectivity index (χ0v) is 15.1. The Balaban J connectivity index is 1.54. The molecule has 1 aromatic carbocycles. The number of carbonyl (C=O) groups excluding carboxylic acids is 1. The molecule has 1 unspecified atom stereocenters. The fourth-order valence-electron chi connectivity index (χ4n) is 2.39. The summed E-state index contributed by atoms with van der Waals surface area (Å²) in [7, 11) is 0. The zero-order valence-electron chi connectivity index (χ0n) is 14.3. The summed E-state index contributed by atoms with van der Waals surface area (Å²) in [6, 6.07) is 14.1. The molecule has 0 bridgehead atoms. The minimum atomic E-state index is -0.934. The molecule has 0 aliphatic heterocycles. The van der Waals surface area contributed by atoms with Gasteiger partial charge in [0.05, 0.1) is 23.7 Å². The van der Waals surface area contributed by atoms with E-state index in [0.29, 0.717) is 29.6 Å². The van der Waals surface area contributed by atoms with E-state index in [1.165, 1.54) is 0 Å². The Morgan fingerprint density at radius 1 is 1.23 bits per heavy atom. The van der Waals surface area contributed by atoms with Crippen LogP contribution in [0.25, 0.3) is 10.6 Å². The average Bonchev–Trinajstić information content (AvgIpc) is 3.33. The molecule has 7 heteroatoms. The number of ether oxygens (including phenoxy) is 1. The molecular weight excluding hydrogens is 352 g/mol. The number of hydrogen-bond acceptors (Lipinski definition) is 5. The van der Waals surface area contributed by atoms with Gasteiger partial charge in [-0.3, -0.25) is 0 Å². The molecule has 136 valence electrons. The number of nitrogens with one attached hydrogen (secondary N) is 2. The standard InChI is InChI=1S/C19H20N2O4S/c1-2-24-15-7-4-3-6-13(15)21-19(23)20-12-14(22)16-9-10-17(25-16)18-8-5-11-26-18/h3-11,14,22H,2,12H2,1H3,(H2,20,21,23). The van der Waals surface area contributed by atoms with Gasteiger partial charge in [0.25, 0.3) is 0 Å². The van der Waals surface area contributed by atoms with E-state index < -0.39 is 12.1 Å². The van der Waals surface area contributed by atoms with E-state index in [1.807, 2.05) is 42.6 Å². The SMILES string of the molecule is CCOc1ccccc1NC(=O)NCC(O)c1ccc(-c2cccs2)o1. The molecule has 0 fully saturated rings. The van der Waals surface area contributed by atoms with Crippen molar-refractivity contribution < 1.29 is 19.1 Å². The lowest BCUT2D eigenvalue weighted by atomic mass is 10.2. The topological polar surface area (TPSA) is 83.7 Å². The number of aliphatic hydroxyl groups is 1. The summed E-state index contributed by atoms with van der Waals surface area (Å²) in [5, 5.41) is 17.5. The van der Waals surface area contributed by atoms with Crippen molar-refractivity contribution in [3.63, 3.8) is 0 Å². The molecule has 2 amide bonds. The van der Waals surface area contributed by atoms with Crippen molar-refractivity contribution in [3.8, 4) is 16.4 Å². The van der Waals surface area contributed by atoms with Crippen molar-refractivity contribution >= 4 is 23.1 Å². The second-order valence-electron chi connectivity index (χ2n) is 5.46. The van der Waals surface area contributed by atoms with Crippen molar-refractivity contribution in [2.45, 2.75) is 13.0 Å². The molecule has 0 aliphatic carbocycles. The van der Waals surface area contributed by atoms with Crippen LogP contribution in [0.4, 0.5) is 10.5 Å². The van der Waals surface area contributed by atoms with E-state index in [4.69, 9.17) is 9.15 Å². The second kappa shape index (κ2) is 8.55. The number of furan rings is 1. The quantitative estimate of drug-likeness (QED) is 0.578. The number of amides is 2. The fourth-order valence-corrected chi connectivity index (χ4v) is 3.08. The smallest absolute Gasteiger partial charge is 0.319 e. The van der Waals surface area contributed by atoms with Gasteiger partial charge in [0.15, 0.2) is 0 Å². The Kier molecular flexibility index (Phi) is 5.93. The van der Waals surface area contributed by atoms with Gasteiger partial charge in [-0.15, -0.1) is 11.3 Å². The van der Waals surface area contributed by atoms with Gasteiger partial charge in [0.1, 0.15) is 23.4 Å². The molecular formula is C19H20N2O4S. The highest BCUT2D eigenvalue weighted by Gasteiger charge is 2.15. The van der Waals surface area contributed by atoms with Gasteiger partial charge in [0.2, 0.25) is 0 Å². The van der Waals surface area contributed by atoms with Crippen molar-refractivity contribution in [1.29, 1.82) is 0 Å². The van der Waals surface area contributed by atoms with Gasteiger partial charge >= 0.3 is 6.03 Å². The van der Waals surface area contributed by atoms with Crippen LogP contribution in [0, 0.1) is 0 Å². The second-order valence-corrected chi connectivity index (χ2v) is 6.41. The van der Waals surface area contributed by atoms with Crippen LogP contribution in [0.2, 0.25) is 0 Å². The number of urea groups is 1. The molecule has 26 heavy (non-hydrogen) atoms. The Morgan fingerprint density at radius 2 is 2.08 bits per heavy atom. The molecule has 3 rings (SSSR count). The first-order chi connectivity index (χ1) is 12.7. The maximum atomic E-state index is 12.1. The highest BCUT2D eigenvalue weighted by atomic mass is 32.1. The highest BCUT2D eigenvalue weighted by Crippen LogP contribution is 2.28. The van der Waals surface area contributed by atoms with Crippen LogP contribution in [0.1, 0.15) is 18.8 Å². The maximum Gasteiger partial charge on any atom is 0.319 e. The summed E-state index contributed by atoms with van der Waals surface area (Å²) in [5.74, 6) is 1.70. The first-order valence-electron chi connectivity index (χ1n) is 8.25. The molecule has 0 saturated heterocycles. The van der Waals surface area contributed by atoms with E-state index in [-0.39, 0.29) is 6.54 Å². The van der Waals surface area contributed by atoms with Crippen LogP contribution in [0.5, 0.6) is 5.75 Å². The summed E-state index contributed by atoms with van der Waals surface area (Å²) >= 11 is 1.56. The third kappa shape index (κ3) is 4.44. The zero-order chi connectivity index (χ0) is 18.4. The van der Waals surface area contributed by atoms with Gasteiger partial charge in [-0.2, -0.15) is 0 Å². The Bertz CT molecular complexity index is 845. The summed E-state index contributed by atoms with van der Waals surface area (Å²) in [5.41, 5.74) is 0.569.